The molecule has 1 heterocycles. The van der Waals surface area contributed by atoms with Gasteiger partial charge in [-0.05, 0) is 18.9 Å². The largest absolute Gasteiger partial charge is 0.478 e. The Morgan fingerprint density at radius 1 is 1.67 bits per heavy atom. The molecule has 0 aliphatic heterocycles. The molecule has 0 saturated heterocycles. The number of carboxylic acid groups (broad SMARTS) is 1. The van der Waals surface area contributed by atoms with Gasteiger partial charge < -0.3 is 10.1 Å². The maximum atomic E-state index is 10.8. The van der Waals surface area contributed by atoms with Gasteiger partial charge in [-0.1, -0.05) is 13.3 Å². The number of hydrogen-bond donors (Lipinski definition) is 2. The van der Waals surface area contributed by atoms with Crippen LogP contribution in [0.15, 0.2) is 6.20 Å². The van der Waals surface area contributed by atoms with Gasteiger partial charge >= 0.3 is 5.97 Å². The predicted octanol–water partition coefficient (Wildman–Crippen LogP) is 1.97. The highest BCUT2D eigenvalue weighted by Crippen LogP contribution is 2.14. The van der Waals surface area contributed by atoms with E-state index in [9.17, 15) is 4.79 Å². The fraction of sp³-hybridized carbons (Fsp3) is 0.444. The van der Waals surface area contributed by atoms with E-state index in [1.165, 1.54) is 0 Å². The maximum Gasteiger partial charge on any atom is 0.337 e. The van der Waals surface area contributed by atoms with Crippen molar-refractivity contribution in [2.75, 3.05) is 0 Å². The molecule has 0 radical (unpaired) electrons. The van der Waals surface area contributed by atoms with Crippen LogP contribution in [0, 0.1) is 6.92 Å². The monoisotopic (exact) mass is 167 g/mol. The molecular weight excluding hydrogens is 154 g/mol. The van der Waals surface area contributed by atoms with Crippen molar-refractivity contribution in [2.45, 2.75) is 26.7 Å². The van der Waals surface area contributed by atoms with Gasteiger partial charge in [0, 0.05) is 11.9 Å². The van der Waals surface area contributed by atoms with E-state index in [4.69, 9.17) is 5.11 Å². The van der Waals surface area contributed by atoms with E-state index in [0.29, 0.717) is 5.56 Å². The molecule has 0 fully saturated rings. The highest BCUT2D eigenvalue weighted by atomic mass is 16.4. The van der Waals surface area contributed by atoms with Crippen molar-refractivity contribution in [2.24, 2.45) is 0 Å². The number of carbonyl (C=O) groups is 1. The van der Waals surface area contributed by atoms with Crippen molar-refractivity contribution in [3.8, 4) is 0 Å². The Morgan fingerprint density at radius 3 is 2.83 bits per heavy atom. The highest BCUT2D eigenvalue weighted by molar-refractivity contribution is 5.90. The minimum atomic E-state index is -0.836. The van der Waals surface area contributed by atoms with Crippen LogP contribution in [0.4, 0.5) is 0 Å². The standard InChI is InChI=1S/C9H13NO2/c1-3-4-7-5-10-6(2)8(7)9(11)12/h5,10H,3-4H2,1-2H3,(H,11,12). The lowest BCUT2D eigenvalue weighted by Gasteiger charge is -1.97. The van der Waals surface area contributed by atoms with Crippen molar-refractivity contribution >= 4 is 5.97 Å². The molecule has 3 heteroatoms. The molecule has 0 bridgehead atoms. The third-order valence-corrected chi connectivity index (χ3v) is 1.89. The van der Waals surface area contributed by atoms with Crippen LogP contribution < -0.4 is 0 Å². The van der Waals surface area contributed by atoms with E-state index < -0.39 is 5.97 Å². The number of rotatable bonds is 3. The number of H-pyrrole nitrogens is 1. The summed E-state index contributed by atoms with van der Waals surface area (Å²) in [7, 11) is 0. The molecule has 0 aliphatic rings. The van der Waals surface area contributed by atoms with Crippen LogP contribution in [0.3, 0.4) is 0 Å². The topological polar surface area (TPSA) is 53.1 Å². The Bertz CT molecular complexity index is 289. The smallest absolute Gasteiger partial charge is 0.337 e. The van der Waals surface area contributed by atoms with Gasteiger partial charge in [-0.3, -0.25) is 0 Å². The Kier molecular flexibility index (Phi) is 2.53. The van der Waals surface area contributed by atoms with Crippen LogP contribution in [0.2, 0.25) is 0 Å². The van der Waals surface area contributed by atoms with Gasteiger partial charge in [0.15, 0.2) is 0 Å². The molecule has 0 saturated carbocycles. The lowest BCUT2D eigenvalue weighted by atomic mass is 10.1. The van der Waals surface area contributed by atoms with Crippen molar-refractivity contribution < 1.29 is 9.90 Å². The Balaban J connectivity index is 3.04. The van der Waals surface area contributed by atoms with E-state index in [-0.39, 0.29) is 0 Å². The molecule has 1 aromatic heterocycles. The lowest BCUT2D eigenvalue weighted by molar-refractivity contribution is 0.0695. The molecule has 66 valence electrons. The molecule has 2 N–H and O–H groups in total. The number of nitrogens with one attached hydrogen (secondary N) is 1. The first-order valence-corrected chi connectivity index (χ1v) is 4.07. The number of aromatic amines is 1. The number of hydrogen-bond acceptors (Lipinski definition) is 1. The number of aromatic nitrogens is 1. The van der Waals surface area contributed by atoms with Gasteiger partial charge in [0.2, 0.25) is 0 Å². The molecule has 3 nitrogen and oxygen atoms in total. The van der Waals surface area contributed by atoms with E-state index in [2.05, 4.69) is 4.98 Å². The minimum Gasteiger partial charge on any atom is -0.478 e. The average Bonchev–Trinajstić information content (AvgIpc) is 2.32. The predicted molar refractivity (Wildman–Crippen MR) is 46.5 cm³/mol. The van der Waals surface area contributed by atoms with Gasteiger partial charge in [-0.15, -0.1) is 0 Å². The fourth-order valence-corrected chi connectivity index (χ4v) is 1.34. The van der Waals surface area contributed by atoms with Gasteiger partial charge in [0.25, 0.3) is 0 Å². The van der Waals surface area contributed by atoms with Gasteiger partial charge in [-0.2, -0.15) is 0 Å². The van der Waals surface area contributed by atoms with Crippen LogP contribution >= 0.6 is 0 Å². The summed E-state index contributed by atoms with van der Waals surface area (Å²) >= 11 is 0. The summed E-state index contributed by atoms with van der Waals surface area (Å²) in [5, 5.41) is 8.84. The summed E-state index contributed by atoms with van der Waals surface area (Å²) in [5.74, 6) is -0.836. The Labute approximate surface area is 71.4 Å². The Morgan fingerprint density at radius 2 is 2.33 bits per heavy atom. The summed E-state index contributed by atoms with van der Waals surface area (Å²) < 4.78 is 0. The second-order valence-corrected chi connectivity index (χ2v) is 2.87. The molecule has 0 amide bonds. The van der Waals surface area contributed by atoms with Gasteiger partial charge in [0.1, 0.15) is 0 Å². The van der Waals surface area contributed by atoms with Crippen LogP contribution in [0.5, 0.6) is 0 Å². The van der Waals surface area contributed by atoms with Gasteiger partial charge in [-0.25, -0.2) is 4.79 Å². The second kappa shape index (κ2) is 3.43. The molecule has 0 aromatic carbocycles. The maximum absolute atomic E-state index is 10.8. The highest BCUT2D eigenvalue weighted by Gasteiger charge is 2.13. The summed E-state index contributed by atoms with van der Waals surface area (Å²) in [6, 6.07) is 0. The SMILES string of the molecule is CCCc1c[nH]c(C)c1C(=O)O. The van der Waals surface area contributed by atoms with Crippen molar-refractivity contribution in [3.63, 3.8) is 0 Å². The van der Waals surface area contributed by atoms with E-state index >= 15 is 0 Å². The summed E-state index contributed by atoms with van der Waals surface area (Å²) in [6.45, 7) is 3.82. The van der Waals surface area contributed by atoms with Crippen molar-refractivity contribution in [1.82, 2.24) is 4.98 Å². The van der Waals surface area contributed by atoms with Gasteiger partial charge in [0.05, 0.1) is 5.56 Å². The molecular formula is C9H13NO2. The number of aryl methyl sites for hydroxylation is 2. The zero-order chi connectivity index (χ0) is 9.14. The zero-order valence-corrected chi connectivity index (χ0v) is 7.35. The van der Waals surface area contributed by atoms with E-state index in [0.717, 1.165) is 24.1 Å². The number of aromatic carboxylic acids is 1. The van der Waals surface area contributed by atoms with Crippen LogP contribution in [0.1, 0.15) is 35.0 Å². The minimum absolute atomic E-state index is 0.442. The molecule has 12 heavy (non-hydrogen) atoms. The molecule has 0 unspecified atom stereocenters. The molecule has 0 atom stereocenters. The Hall–Kier alpha value is -1.25. The van der Waals surface area contributed by atoms with Crippen molar-refractivity contribution in [3.05, 3.63) is 23.0 Å². The molecule has 0 aliphatic carbocycles. The lowest BCUT2D eigenvalue weighted by Crippen LogP contribution is -2.00. The quantitative estimate of drug-likeness (QED) is 0.723. The second-order valence-electron chi connectivity index (χ2n) is 2.87. The van der Waals surface area contributed by atoms with E-state index in [1.54, 1.807) is 13.1 Å². The summed E-state index contributed by atoms with van der Waals surface area (Å²) in [5.41, 5.74) is 2.09. The normalized spacial score (nSPS) is 10.2. The fourth-order valence-electron chi connectivity index (χ4n) is 1.34. The third-order valence-electron chi connectivity index (χ3n) is 1.89. The van der Waals surface area contributed by atoms with Crippen LogP contribution in [-0.2, 0) is 6.42 Å². The first-order valence-electron chi connectivity index (χ1n) is 4.07. The number of carboxylic acids is 1. The van der Waals surface area contributed by atoms with E-state index in [1.807, 2.05) is 6.92 Å². The first-order chi connectivity index (χ1) is 5.66. The average molecular weight is 167 g/mol. The molecule has 1 rings (SSSR count). The summed E-state index contributed by atoms with van der Waals surface area (Å²) in [4.78, 5) is 13.7. The third kappa shape index (κ3) is 1.49. The molecule has 0 spiro atoms. The first kappa shape index (κ1) is 8.84. The molecule has 1 aromatic rings. The van der Waals surface area contributed by atoms with Crippen LogP contribution in [-0.4, -0.2) is 16.1 Å². The summed E-state index contributed by atoms with van der Waals surface area (Å²) in [6.07, 6.45) is 3.58. The van der Waals surface area contributed by atoms with Crippen LogP contribution in [0.25, 0.3) is 0 Å². The zero-order valence-electron chi connectivity index (χ0n) is 7.35. The van der Waals surface area contributed by atoms with Crippen molar-refractivity contribution in [1.29, 1.82) is 0 Å².